The average Bonchev–Trinajstić information content (AvgIpc) is 2.62. The number of hydrogen-bond acceptors (Lipinski definition) is 5. The van der Waals surface area contributed by atoms with Gasteiger partial charge in [-0.3, -0.25) is 10.1 Å². The van der Waals surface area contributed by atoms with Crippen LogP contribution < -0.4 is 15.0 Å². The SMILES string of the molecule is Cc1c(NC(=O)OC(C)(C)C)ccc2c1N(Cc1ccccc1)CC(CC(=O)O)O2. The number of hydrogen-bond donors (Lipinski definition) is 2. The van der Waals surface area contributed by atoms with Crippen molar-refractivity contribution in [2.24, 2.45) is 0 Å². The fourth-order valence-corrected chi connectivity index (χ4v) is 3.51. The van der Waals surface area contributed by atoms with Crippen LogP contribution in [0.25, 0.3) is 0 Å². The molecule has 1 aliphatic heterocycles. The summed E-state index contributed by atoms with van der Waals surface area (Å²) in [5.74, 6) is -0.293. The topological polar surface area (TPSA) is 88.1 Å². The molecule has 1 atom stereocenters. The van der Waals surface area contributed by atoms with Gasteiger partial charge in [-0.1, -0.05) is 30.3 Å². The van der Waals surface area contributed by atoms with Crippen molar-refractivity contribution in [2.45, 2.75) is 52.4 Å². The van der Waals surface area contributed by atoms with E-state index in [1.54, 1.807) is 12.1 Å². The van der Waals surface area contributed by atoms with Crippen LogP contribution in [0.3, 0.4) is 0 Å². The molecule has 0 spiro atoms. The lowest BCUT2D eigenvalue weighted by atomic mass is 10.0. The number of carbonyl (C=O) groups is 2. The summed E-state index contributed by atoms with van der Waals surface area (Å²) in [4.78, 5) is 25.6. The largest absolute Gasteiger partial charge is 0.486 e. The standard InChI is InChI=1S/C23H28N2O5/c1-15-18(24-22(28)30-23(2,3)4)10-11-19-21(15)25(13-16-8-6-5-7-9-16)14-17(29-19)12-20(26)27/h5-11,17H,12-14H2,1-4H3,(H,24,28)(H,26,27). The van der Waals surface area contributed by atoms with Gasteiger partial charge in [0.15, 0.2) is 0 Å². The number of nitrogens with one attached hydrogen (secondary N) is 1. The van der Waals surface area contributed by atoms with Gasteiger partial charge in [0.2, 0.25) is 0 Å². The van der Waals surface area contributed by atoms with Crippen LogP contribution in [-0.4, -0.2) is 35.4 Å². The first kappa shape index (κ1) is 21.5. The van der Waals surface area contributed by atoms with Gasteiger partial charge in [-0.25, -0.2) is 4.79 Å². The Hall–Kier alpha value is -3.22. The van der Waals surface area contributed by atoms with E-state index < -0.39 is 23.8 Å². The van der Waals surface area contributed by atoms with Crippen molar-refractivity contribution in [1.29, 1.82) is 0 Å². The summed E-state index contributed by atoms with van der Waals surface area (Å²) >= 11 is 0. The van der Waals surface area contributed by atoms with Crippen LogP contribution in [-0.2, 0) is 16.1 Å². The Morgan fingerprint density at radius 1 is 1.20 bits per heavy atom. The maximum atomic E-state index is 12.3. The lowest BCUT2D eigenvalue weighted by Gasteiger charge is -2.37. The van der Waals surface area contributed by atoms with Gasteiger partial charge in [0, 0.05) is 12.2 Å². The summed E-state index contributed by atoms with van der Waals surface area (Å²) in [6, 6.07) is 13.5. The number of nitrogens with zero attached hydrogens (tertiary/aromatic N) is 1. The first-order chi connectivity index (χ1) is 14.1. The fraction of sp³-hybridized carbons (Fsp3) is 0.391. The first-order valence-electron chi connectivity index (χ1n) is 9.93. The second-order valence-electron chi connectivity index (χ2n) is 8.42. The minimum atomic E-state index is -0.900. The van der Waals surface area contributed by atoms with Crippen LogP contribution in [0, 0.1) is 6.92 Å². The highest BCUT2D eigenvalue weighted by atomic mass is 16.6. The van der Waals surface area contributed by atoms with Crippen molar-refractivity contribution < 1.29 is 24.2 Å². The summed E-state index contributed by atoms with van der Waals surface area (Å²) in [5.41, 5.74) is 2.81. The van der Waals surface area contributed by atoms with Crippen LogP contribution in [0.2, 0.25) is 0 Å². The lowest BCUT2D eigenvalue weighted by Crippen LogP contribution is -2.41. The fourth-order valence-electron chi connectivity index (χ4n) is 3.51. The molecule has 30 heavy (non-hydrogen) atoms. The molecule has 160 valence electrons. The molecule has 7 nitrogen and oxygen atoms in total. The molecule has 7 heteroatoms. The van der Waals surface area contributed by atoms with E-state index >= 15 is 0 Å². The highest BCUT2D eigenvalue weighted by Crippen LogP contribution is 2.41. The number of amides is 1. The Morgan fingerprint density at radius 2 is 1.90 bits per heavy atom. The van der Waals surface area contributed by atoms with Crippen molar-refractivity contribution in [3.63, 3.8) is 0 Å². The van der Waals surface area contributed by atoms with Crippen LogP contribution in [0.5, 0.6) is 5.75 Å². The van der Waals surface area contributed by atoms with Crippen molar-refractivity contribution >= 4 is 23.4 Å². The highest BCUT2D eigenvalue weighted by molar-refractivity contribution is 5.88. The predicted molar refractivity (Wildman–Crippen MR) is 115 cm³/mol. The first-order valence-corrected chi connectivity index (χ1v) is 9.93. The molecule has 0 fully saturated rings. The Bertz CT molecular complexity index is 921. The van der Waals surface area contributed by atoms with Gasteiger partial charge in [0.05, 0.1) is 18.7 Å². The van der Waals surface area contributed by atoms with Crippen molar-refractivity contribution in [2.75, 3.05) is 16.8 Å². The molecule has 0 saturated carbocycles. The summed E-state index contributed by atoms with van der Waals surface area (Å²) < 4.78 is 11.3. The quantitative estimate of drug-likeness (QED) is 0.747. The summed E-state index contributed by atoms with van der Waals surface area (Å²) in [7, 11) is 0. The molecule has 1 amide bonds. The minimum absolute atomic E-state index is 0.0817. The monoisotopic (exact) mass is 412 g/mol. The van der Waals surface area contributed by atoms with Gasteiger partial charge in [-0.2, -0.15) is 0 Å². The van der Waals surface area contributed by atoms with Crippen molar-refractivity contribution in [3.8, 4) is 5.75 Å². The Labute approximate surface area is 176 Å². The summed E-state index contributed by atoms with van der Waals surface area (Å²) in [5, 5.41) is 12.0. The van der Waals surface area contributed by atoms with E-state index in [1.807, 2.05) is 58.0 Å². The van der Waals surface area contributed by atoms with Crippen LogP contribution >= 0.6 is 0 Å². The minimum Gasteiger partial charge on any atom is -0.486 e. The number of benzene rings is 2. The molecule has 1 heterocycles. The zero-order chi connectivity index (χ0) is 21.9. The van der Waals surface area contributed by atoms with Gasteiger partial charge in [-0.15, -0.1) is 0 Å². The van der Waals surface area contributed by atoms with Gasteiger partial charge in [-0.05, 0) is 51.0 Å². The van der Waals surface area contributed by atoms with E-state index in [0.717, 1.165) is 16.8 Å². The molecule has 1 unspecified atom stereocenters. The second-order valence-corrected chi connectivity index (χ2v) is 8.42. The van der Waals surface area contributed by atoms with E-state index in [2.05, 4.69) is 10.2 Å². The summed E-state index contributed by atoms with van der Waals surface area (Å²) in [6.07, 6.45) is -1.06. The van der Waals surface area contributed by atoms with Gasteiger partial charge in [0.25, 0.3) is 0 Å². The third-order valence-electron chi connectivity index (χ3n) is 4.68. The van der Waals surface area contributed by atoms with Crippen LogP contribution in [0.4, 0.5) is 16.2 Å². The molecule has 2 N–H and O–H groups in total. The van der Waals surface area contributed by atoms with Crippen molar-refractivity contribution in [3.05, 3.63) is 53.6 Å². The van der Waals surface area contributed by atoms with E-state index in [0.29, 0.717) is 24.5 Å². The van der Waals surface area contributed by atoms with Crippen LogP contribution in [0.1, 0.15) is 38.3 Å². The molecule has 0 saturated heterocycles. The van der Waals surface area contributed by atoms with Gasteiger partial charge >= 0.3 is 12.1 Å². The molecule has 2 aromatic rings. The molecule has 0 aliphatic carbocycles. The number of aliphatic carboxylic acids is 1. The Morgan fingerprint density at radius 3 is 2.53 bits per heavy atom. The summed E-state index contributed by atoms with van der Waals surface area (Å²) in [6.45, 7) is 8.37. The predicted octanol–water partition coefficient (Wildman–Crippen LogP) is 4.58. The number of fused-ring (bicyclic) bond motifs is 1. The van der Waals surface area contributed by atoms with Gasteiger partial charge < -0.3 is 19.5 Å². The van der Waals surface area contributed by atoms with E-state index in [1.165, 1.54) is 0 Å². The Kier molecular flexibility index (Phi) is 6.20. The van der Waals surface area contributed by atoms with E-state index in [9.17, 15) is 14.7 Å². The van der Waals surface area contributed by atoms with E-state index in [4.69, 9.17) is 9.47 Å². The molecular formula is C23H28N2O5. The smallest absolute Gasteiger partial charge is 0.412 e. The molecule has 1 aliphatic rings. The molecule has 0 radical (unpaired) electrons. The molecule has 2 aromatic carbocycles. The zero-order valence-electron chi connectivity index (χ0n) is 17.8. The van der Waals surface area contributed by atoms with Crippen molar-refractivity contribution in [1.82, 2.24) is 0 Å². The second kappa shape index (κ2) is 8.65. The number of rotatable bonds is 5. The third kappa shape index (κ3) is 5.43. The number of carboxylic acids is 1. The molecular weight excluding hydrogens is 384 g/mol. The zero-order valence-corrected chi connectivity index (χ0v) is 17.8. The highest BCUT2D eigenvalue weighted by Gasteiger charge is 2.30. The number of carbonyl (C=O) groups excluding carboxylic acids is 1. The molecule has 0 aromatic heterocycles. The lowest BCUT2D eigenvalue weighted by molar-refractivity contribution is -0.138. The molecule has 0 bridgehead atoms. The number of ether oxygens (including phenoxy) is 2. The average molecular weight is 412 g/mol. The third-order valence-corrected chi connectivity index (χ3v) is 4.68. The normalized spacial score (nSPS) is 15.7. The molecule has 3 rings (SSSR count). The number of anilines is 2. The maximum Gasteiger partial charge on any atom is 0.412 e. The van der Waals surface area contributed by atoms with E-state index in [-0.39, 0.29) is 6.42 Å². The van der Waals surface area contributed by atoms with Crippen LogP contribution in [0.15, 0.2) is 42.5 Å². The maximum absolute atomic E-state index is 12.3. The Balaban J connectivity index is 1.92. The number of carboxylic acid groups (broad SMARTS) is 1. The van der Waals surface area contributed by atoms with Gasteiger partial charge in [0.1, 0.15) is 17.5 Å².